The van der Waals surface area contributed by atoms with Crippen LogP contribution in [0.5, 0.6) is 0 Å². The lowest BCUT2D eigenvalue weighted by Crippen LogP contribution is -2.41. The van der Waals surface area contributed by atoms with Crippen molar-refractivity contribution in [3.05, 3.63) is 71.0 Å². The Balaban J connectivity index is 1.84. The summed E-state index contributed by atoms with van der Waals surface area (Å²) in [7, 11) is 0. The van der Waals surface area contributed by atoms with Crippen molar-refractivity contribution < 1.29 is 27.1 Å². The summed E-state index contributed by atoms with van der Waals surface area (Å²) < 4.78 is 58.6. The predicted molar refractivity (Wildman–Crippen MR) is 110 cm³/mol. The first-order chi connectivity index (χ1) is 14.7. The topological polar surface area (TPSA) is 38.7 Å². The summed E-state index contributed by atoms with van der Waals surface area (Å²) in [5, 5.41) is 0. The molecular weight excluding hydrogens is 410 g/mol. The summed E-state index contributed by atoms with van der Waals surface area (Å²) >= 11 is 0. The second-order valence-electron chi connectivity index (χ2n) is 7.78. The molecule has 0 saturated carbocycles. The minimum atomic E-state index is -4.65. The van der Waals surface area contributed by atoms with Gasteiger partial charge in [-0.1, -0.05) is 44.2 Å². The fourth-order valence-electron chi connectivity index (χ4n) is 4.14. The number of nitrogens with zero attached hydrogens (tertiary/aromatic N) is 1. The van der Waals surface area contributed by atoms with Gasteiger partial charge in [-0.15, -0.1) is 0 Å². The zero-order valence-corrected chi connectivity index (χ0v) is 17.5. The fraction of sp³-hybridized carbons (Fsp3) is 0.417. The lowest BCUT2D eigenvalue weighted by atomic mass is 9.74. The minimum absolute atomic E-state index is 0.105. The van der Waals surface area contributed by atoms with Crippen LogP contribution in [0.15, 0.2) is 53.5 Å². The number of benzene rings is 2. The molecule has 31 heavy (non-hydrogen) atoms. The van der Waals surface area contributed by atoms with Gasteiger partial charge in [0.2, 0.25) is 0 Å². The van der Waals surface area contributed by atoms with Gasteiger partial charge in [-0.3, -0.25) is 9.79 Å². The fourth-order valence-corrected chi connectivity index (χ4v) is 4.14. The van der Waals surface area contributed by atoms with Crippen LogP contribution >= 0.6 is 0 Å². The van der Waals surface area contributed by atoms with E-state index in [-0.39, 0.29) is 18.1 Å². The molecule has 0 aliphatic carbocycles. The molecule has 1 aliphatic rings. The molecule has 0 aromatic heterocycles. The van der Waals surface area contributed by atoms with E-state index in [0.717, 1.165) is 17.7 Å². The summed E-state index contributed by atoms with van der Waals surface area (Å²) in [6.45, 7) is 3.90. The first kappa shape index (κ1) is 23.0. The SMILES string of the molecule is CCC(CC)(C(=O)OCc1ccccc1)[C@H]1CCC(c2cc(F)cc(C(F)(F)F)c2)=N1. The van der Waals surface area contributed by atoms with Crippen molar-refractivity contribution >= 4 is 11.7 Å². The Morgan fingerprint density at radius 3 is 2.39 bits per heavy atom. The summed E-state index contributed by atoms with van der Waals surface area (Å²) in [6, 6.07) is 11.3. The van der Waals surface area contributed by atoms with Gasteiger partial charge in [0, 0.05) is 5.71 Å². The number of rotatable bonds is 7. The number of halogens is 4. The van der Waals surface area contributed by atoms with Crippen molar-refractivity contribution in [2.45, 2.75) is 58.4 Å². The molecule has 0 amide bonds. The van der Waals surface area contributed by atoms with E-state index in [4.69, 9.17) is 4.74 Å². The molecule has 0 bridgehead atoms. The average molecular weight is 435 g/mol. The smallest absolute Gasteiger partial charge is 0.416 e. The van der Waals surface area contributed by atoms with Crippen molar-refractivity contribution in [2.75, 3.05) is 0 Å². The van der Waals surface area contributed by atoms with Gasteiger partial charge in [-0.25, -0.2) is 4.39 Å². The second kappa shape index (κ2) is 9.20. The van der Waals surface area contributed by atoms with Crippen LogP contribution in [0.1, 0.15) is 56.2 Å². The van der Waals surface area contributed by atoms with Crippen LogP contribution in [-0.2, 0) is 22.3 Å². The van der Waals surface area contributed by atoms with Crippen LogP contribution in [0, 0.1) is 11.2 Å². The Morgan fingerprint density at radius 1 is 1.10 bits per heavy atom. The standard InChI is InChI=1S/C24H25F4NO2/c1-3-23(4-2,22(30)31-15-16-8-6-5-7-9-16)21-11-10-20(29-21)17-12-18(24(26,27)28)14-19(25)13-17/h5-9,12-14,21H,3-4,10-11,15H2,1-2H3/t21-/m1/s1. The van der Waals surface area contributed by atoms with Crippen molar-refractivity contribution in [3.63, 3.8) is 0 Å². The van der Waals surface area contributed by atoms with Crippen LogP contribution in [0.25, 0.3) is 0 Å². The van der Waals surface area contributed by atoms with Crippen LogP contribution in [0.4, 0.5) is 17.6 Å². The molecule has 0 radical (unpaired) electrons. The van der Waals surface area contributed by atoms with E-state index in [2.05, 4.69) is 4.99 Å². The summed E-state index contributed by atoms with van der Waals surface area (Å²) in [5.74, 6) is -1.33. The number of carbonyl (C=O) groups is 1. The minimum Gasteiger partial charge on any atom is -0.460 e. The molecule has 166 valence electrons. The molecule has 3 nitrogen and oxygen atoms in total. The number of aliphatic imine (C=N–C) groups is 1. The summed E-state index contributed by atoms with van der Waals surface area (Å²) in [4.78, 5) is 17.7. The number of ether oxygens (including phenoxy) is 1. The van der Waals surface area contributed by atoms with E-state index in [1.807, 2.05) is 44.2 Å². The van der Waals surface area contributed by atoms with E-state index in [9.17, 15) is 22.4 Å². The first-order valence-electron chi connectivity index (χ1n) is 10.4. The molecule has 1 heterocycles. The third-order valence-electron chi connectivity index (χ3n) is 6.04. The molecule has 1 aliphatic heterocycles. The van der Waals surface area contributed by atoms with Gasteiger partial charge < -0.3 is 4.74 Å². The lowest BCUT2D eigenvalue weighted by molar-refractivity contribution is -0.159. The Hall–Kier alpha value is -2.70. The highest BCUT2D eigenvalue weighted by molar-refractivity contribution is 6.02. The molecule has 2 aromatic rings. The normalized spacial score (nSPS) is 16.8. The second-order valence-corrected chi connectivity index (χ2v) is 7.78. The quantitative estimate of drug-likeness (QED) is 0.376. The van der Waals surface area contributed by atoms with Crippen molar-refractivity contribution in [1.29, 1.82) is 0 Å². The van der Waals surface area contributed by atoms with Gasteiger partial charge in [0.15, 0.2) is 0 Å². The third kappa shape index (κ3) is 4.97. The van der Waals surface area contributed by atoms with Crippen molar-refractivity contribution in [2.24, 2.45) is 10.4 Å². The Kier molecular flexibility index (Phi) is 6.82. The number of alkyl halides is 3. The monoisotopic (exact) mass is 435 g/mol. The number of hydrogen-bond acceptors (Lipinski definition) is 3. The Bertz CT molecular complexity index is 950. The lowest BCUT2D eigenvalue weighted by Gasteiger charge is -2.33. The average Bonchev–Trinajstić information content (AvgIpc) is 3.24. The van der Waals surface area contributed by atoms with E-state index >= 15 is 0 Å². The molecule has 2 aromatic carbocycles. The maximum absolute atomic E-state index is 13.8. The molecular formula is C24H25F4NO2. The van der Waals surface area contributed by atoms with Crippen molar-refractivity contribution in [1.82, 2.24) is 0 Å². The van der Waals surface area contributed by atoms with Gasteiger partial charge in [-0.2, -0.15) is 13.2 Å². The molecule has 0 N–H and O–H groups in total. The highest BCUT2D eigenvalue weighted by Gasteiger charge is 2.46. The number of carbonyl (C=O) groups excluding carboxylic acids is 1. The summed E-state index contributed by atoms with van der Waals surface area (Å²) in [5.41, 5.74) is -0.567. The maximum atomic E-state index is 13.8. The molecule has 7 heteroatoms. The van der Waals surface area contributed by atoms with Gasteiger partial charge in [0.05, 0.1) is 17.0 Å². The molecule has 0 unspecified atom stereocenters. The van der Waals surface area contributed by atoms with Crippen molar-refractivity contribution in [3.8, 4) is 0 Å². The highest BCUT2D eigenvalue weighted by atomic mass is 19.4. The van der Waals surface area contributed by atoms with E-state index in [0.29, 0.717) is 37.5 Å². The van der Waals surface area contributed by atoms with E-state index in [1.165, 1.54) is 0 Å². The predicted octanol–water partition coefficient (Wildman–Crippen LogP) is 6.35. The molecule has 0 saturated heterocycles. The van der Waals surface area contributed by atoms with Gasteiger partial charge in [-0.05, 0) is 55.0 Å². The Morgan fingerprint density at radius 2 is 1.77 bits per heavy atom. The zero-order chi connectivity index (χ0) is 22.6. The molecule has 1 atom stereocenters. The van der Waals surface area contributed by atoms with Crippen LogP contribution in [0.2, 0.25) is 0 Å². The zero-order valence-electron chi connectivity index (χ0n) is 17.5. The molecule has 3 rings (SSSR count). The third-order valence-corrected chi connectivity index (χ3v) is 6.04. The largest absolute Gasteiger partial charge is 0.460 e. The first-order valence-corrected chi connectivity index (χ1v) is 10.4. The Labute approximate surface area is 179 Å². The van der Waals surface area contributed by atoms with E-state index in [1.54, 1.807) is 0 Å². The van der Waals surface area contributed by atoms with Gasteiger partial charge in [0.1, 0.15) is 12.4 Å². The van der Waals surface area contributed by atoms with Crippen LogP contribution in [0.3, 0.4) is 0 Å². The van der Waals surface area contributed by atoms with Crippen LogP contribution in [-0.4, -0.2) is 17.7 Å². The van der Waals surface area contributed by atoms with Gasteiger partial charge in [0.25, 0.3) is 0 Å². The van der Waals surface area contributed by atoms with E-state index < -0.39 is 29.0 Å². The summed E-state index contributed by atoms with van der Waals surface area (Å²) in [6.07, 6.45) is -2.81. The van der Waals surface area contributed by atoms with Gasteiger partial charge >= 0.3 is 12.1 Å². The molecule has 0 fully saturated rings. The van der Waals surface area contributed by atoms with Crippen LogP contribution < -0.4 is 0 Å². The highest BCUT2D eigenvalue weighted by Crippen LogP contribution is 2.41. The molecule has 0 spiro atoms. The number of esters is 1. The number of hydrogen-bond donors (Lipinski definition) is 0. The maximum Gasteiger partial charge on any atom is 0.416 e.